The van der Waals surface area contributed by atoms with Crippen LogP contribution in [0.25, 0.3) is 0 Å². The van der Waals surface area contributed by atoms with E-state index >= 15 is 0 Å². The van der Waals surface area contributed by atoms with Gasteiger partial charge >= 0.3 is 7.54 Å². The van der Waals surface area contributed by atoms with Gasteiger partial charge in [-0.1, -0.05) is 70.2 Å². The van der Waals surface area contributed by atoms with Gasteiger partial charge < -0.3 is 4.70 Å². The lowest BCUT2D eigenvalue weighted by Crippen LogP contribution is -3.00. The molecule has 0 saturated carbocycles. The fourth-order valence-corrected chi connectivity index (χ4v) is 5.71. The molecule has 2 aromatic rings. The third-order valence-corrected chi connectivity index (χ3v) is 9.28. The van der Waals surface area contributed by atoms with Gasteiger partial charge in [0, 0.05) is 0 Å². The molecule has 1 N–H and O–H groups in total. The summed E-state index contributed by atoms with van der Waals surface area (Å²) in [6.45, 7) is 10.9. The average molecular weight is 553 g/mol. The van der Waals surface area contributed by atoms with E-state index in [1.807, 2.05) is 0 Å². The van der Waals surface area contributed by atoms with E-state index in [0.29, 0.717) is 11.8 Å². The molecule has 1 aliphatic rings. The first kappa shape index (κ1) is 36.6. The lowest BCUT2D eigenvalue weighted by molar-refractivity contribution is -0.0000144. The second-order valence-electron chi connectivity index (χ2n) is 8.34. The van der Waals surface area contributed by atoms with Gasteiger partial charge in [-0.15, -0.1) is 0 Å². The van der Waals surface area contributed by atoms with Crippen molar-refractivity contribution >= 4 is 28.6 Å². The Morgan fingerprint density at radius 1 is 0.833 bits per heavy atom. The van der Waals surface area contributed by atoms with Crippen molar-refractivity contribution in [3.63, 3.8) is 0 Å². The zero-order valence-electron chi connectivity index (χ0n) is 22.0. The number of hydrogen-bond acceptors (Lipinski definition) is 2. The molecule has 1 saturated heterocycles. The molecule has 3 rings (SSSR count). The molecule has 0 bridgehead atoms. The molecule has 0 aromatic heterocycles. The SMILES string of the molecule is CCC(C)c1ccc(S(=O)(=O)O)cc1.CCC(C)c1ccccc1.CC[S+]1CCCC1.FB(F)F.[F-]. The second kappa shape index (κ2) is 20.5. The molecule has 206 valence electrons. The number of halogens is 4. The number of rotatable bonds is 6. The highest BCUT2D eigenvalue weighted by Crippen LogP contribution is 2.20. The molecule has 1 aliphatic heterocycles. The molecule has 36 heavy (non-hydrogen) atoms. The van der Waals surface area contributed by atoms with Crippen LogP contribution in [0.15, 0.2) is 59.5 Å². The highest BCUT2D eigenvalue weighted by Gasteiger charge is 2.20. The molecule has 2 unspecified atom stereocenters. The number of benzene rings is 2. The second-order valence-corrected chi connectivity index (χ2v) is 12.4. The largest absolute Gasteiger partial charge is 1.00 e. The van der Waals surface area contributed by atoms with E-state index in [1.165, 1.54) is 54.2 Å². The van der Waals surface area contributed by atoms with Crippen molar-refractivity contribution in [2.24, 2.45) is 0 Å². The average Bonchev–Trinajstić information content (AvgIpc) is 3.38. The Bertz CT molecular complexity index is 877. The standard InChI is InChI=1S/C10H14O3S.C10H14.C6H13S.BF3.FH/c1-3-8(2)9-4-6-10(7-5-9)14(11,12)13;1-3-9(2)10-7-5-4-6-8-10;1-2-7-5-3-4-6-7;2-1(3)4;/h4-8H,3H2,1-2H3,(H,11,12,13);4-9H,3H2,1-2H3;2-6H2,1H3;;1H/q;;+1;;/p-1. The summed E-state index contributed by atoms with van der Waals surface area (Å²) in [5.41, 5.74) is 2.53. The van der Waals surface area contributed by atoms with Gasteiger partial charge in [0.2, 0.25) is 0 Å². The molecule has 0 amide bonds. The van der Waals surface area contributed by atoms with Crippen molar-refractivity contribution in [1.29, 1.82) is 0 Å². The third-order valence-electron chi connectivity index (χ3n) is 5.86. The van der Waals surface area contributed by atoms with Crippen LogP contribution < -0.4 is 4.70 Å². The molecule has 10 heteroatoms. The summed E-state index contributed by atoms with van der Waals surface area (Å²) >= 11 is 0. The van der Waals surface area contributed by atoms with Crippen molar-refractivity contribution in [3.8, 4) is 0 Å². The summed E-state index contributed by atoms with van der Waals surface area (Å²) in [7, 11) is -6.85. The Morgan fingerprint density at radius 3 is 1.53 bits per heavy atom. The maximum atomic E-state index is 10.7. The van der Waals surface area contributed by atoms with Crippen LogP contribution in [0.4, 0.5) is 12.9 Å². The Kier molecular flexibility index (Phi) is 20.9. The third kappa shape index (κ3) is 17.0. The molecular weight excluding hydrogens is 511 g/mol. The molecule has 0 aliphatic carbocycles. The van der Waals surface area contributed by atoms with Crippen molar-refractivity contribution in [2.45, 2.75) is 77.0 Å². The van der Waals surface area contributed by atoms with Crippen molar-refractivity contribution in [2.75, 3.05) is 17.3 Å². The van der Waals surface area contributed by atoms with Crippen molar-refractivity contribution < 1.29 is 30.6 Å². The molecule has 0 radical (unpaired) electrons. The van der Waals surface area contributed by atoms with Crippen LogP contribution in [-0.2, 0) is 21.0 Å². The van der Waals surface area contributed by atoms with Gasteiger partial charge in [0.05, 0.1) is 4.90 Å². The van der Waals surface area contributed by atoms with Crippen LogP contribution in [-0.4, -0.2) is 37.8 Å². The molecular formula is C26H41BF4O3S2. The first-order chi connectivity index (χ1) is 16.5. The molecule has 2 atom stereocenters. The summed E-state index contributed by atoms with van der Waals surface area (Å²) < 4.78 is 59.2. The van der Waals surface area contributed by atoms with Gasteiger partial charge in [-0.25, -0.2) is 0 Å². The minimum Gasteiger partial charge on any atom is -1.00 e. The van der Waals surface area contributed by atoms with Crippen LogP contribution in [0.3, 0.4) is 0 Å². The zero-order valence-corrected chi connectivity index (χ0v) is 23.6. The molecule has 1 fully saturated rings. The first-order valence-corrected chi connectivity index (χ1v) is 15.3. The number of hydrogen-bond donors (Lipinski definition) is 1. The molecule has 3 nitrogen and oxygen atoms in total. The lowest BCUT2D eigenvalue weighted by Gasteiger charge is -2.08. The van der Waals surface area contributed by atoms with Gasteiger partial charge in [0.15, 0.2) is 0 Å². The van der Waals surface area contributed by atoms with E-state index in [9.17, 15) is 21.4 Å². The van der Waals surface area contributed by atoms with E-state index < -0.39 is 17.7 Å². The Balaban J connectivity index is 0. The van der Waals surface area contributed by atoms with Crippen LogP contribution >= 0.6 is 0 Å². The summed E-state index contributed by atoms with van der Waals surface area (Å²) in [5, 5.41) is 0. The summed E-state index contributed by atoms with van der Waals surface area (Å²) in [6.07, 6.45) is 5.25. The van der Waals surface area contributed by atoms with Gasteiger partial charge in [0.25, 0.3) is 10.1 Å². The van der Waals surface area contributed by atoms with Gasteiger partial charge in [-0.2, -0.15) is 8.42 Å². The fraction of sp³-hybridized carbons (Fsp3) is 0.538. The van der Waals surface area contributed by atoms with E-state index in [0.717, 1.165) is 22.9 Å². The fourth-order valence-electron chi connectivity index (χ4n) is 3.22. The topological polar surface area (TPSA) is 54.4 Å². The molecule has 2 aromatic carbocycles. The highest BCUT2D eigenvalue weighted by molar-refractivity contribution is 7.97. The Morgan fingerprint density at radius 2 is 1.22 bits per heavy atom. The van der Waals surface area contributed by atoms with E-state index in [-0.39, 0.29) is 9.60 Å². The molecule has 0 spiro atoms. The summed E-state index contributed by atoms with van der Waals surface area (Å²) in [4.78, 5) is -0.0513. The summed E-state index contributed by atoms with van der Waals surface area (Å²) in [6, 6.07) is 17.0. The van der Waals surface area contributed by atoms with E-state index in [1.54, 1.807) is 12.1 Å². The Hall–Kier alpha value is -1.52. The van der Waals surface area contributed by atoms with Gasteiger partial charge in [-0.3, -0.25) is 17.5 Å². The normalized spacial score (nSPS) is 14.4. The monoisotopic (exact) mass is 552 g/mol. The van der Waals surface area contributed by atoms with Crippen molar-refractivity contribution in [1.82, 2.24) is 0 Å². The zero-order chi connectivity index (χ0) is 26.9. The Labute approximate surface area is 219 Å². The highest BCUT2D eigenvalue weighted by atomic mass is 32.2. The first-order valence-electron chi connectivity index (χ1n) is 12.1. The predicted octanol–water partition coefficient (Wildman–Crippen LogP) is 4.95. The van der Waals surface area contributed by atoms with Crippen molar-refractivity contribution in [3.05, 3.63) is 65.7 Å². The van der Waals surface area contributed by atoms with Crippen LogP contribution in [0.5, 0.6) is 0 Å². The quantitative estimate of drug-likeness (QED) is 0.239. The maximum absolute atomic E-state index is 10.7. The minimum absolute atomic E-state index is 0. The maximum Gasteiger partial charge on any atom is 0.762 e. The predicted molar refractivity (Wildman–Crippen MR) is 146 cm³/mol. The van der Waals surface area contributed by atoms with Gasteiger partial charge in [-0.05, 0) is 78.6 Å². The molecule has 1 heterocycles. The summed E-state index contributed by atoms with van der Waals surface area (Å²) in [5.74, 6) is 5.64. The van der Waals surface area contributed by atoms with E-state index in [2.05, 4.69) is 65.0 Å². The minimum atomic E-state index is -4.05. The smallest absolute Gasteiger partial charge is 0.762 e. The lowest BCUT2D eigenvalue weighted by atomic mass is 9.99. The van der Waals surface area contributed by atoms with Gasteiger partial charge in [0.1, 0.15) is 17.3 Å². The van der Waals surface area contributed by atoms with E-state index in [4.69, 9.17) is 4.55 Å². The van der Waals surface area contributed by atoms with Crippen LogP contribution in [0, 0.1) is 0 Å². The van der Waals surface area contributed by atoms with Crippen LogP contribution in [0.2, 0.25) is 0 Å². The van der Waals surface area contributed by atoms with Crippen LogP contribution in [0.1, 0.15) is 83.3 Å².